The van der Waals surface area contributed by atoms with Gasteiger partial charge in [0.25, 0.3) is 0 Å². The molecule has 0 fully saturated rings. The van der Waals surface area contributed by atoms with Crippen LogP contribution in [0.5, 0.6) is 0 Å². The summed E-state index contributed by atoms with van der Waals surface area (Å²) in [5.74, 6) is 1.65. The van der Waals surface area contributed by atoms with Crippen LogP contribution >= 0.6 is 0 Å². The molecule has 0 atom stereocenters. The Labute approximate surface area is 94.5 Å². The van der Waals surface area contributed by atoms with Gasteiger partial charge in [0.1, 0.15) is 0 Å². The summed E-state index contributed by atoms with van der Waals surface area (Å²) in [4.78, 5) is 4.32. The maximum Gasteiger partial charge on any atom is 0.229 e. The van der Waals surface area contributed by atoms with Crippen LogP contribution in [0.25, 0.3) is 0 Å². The zero-order valence-electron chi connectivity index (χ0n) is 9.47. The van der Waals surface area contributed by atoms with E-state index in [2.05, 4.69) is 10.1 Å². The highest BCUT2D eigenvalue weighted by molar-refractivity contribution is 5.41. The average Bonchev–Trinajstić information content (AvgIpc) is 2.66. The van der Waals surface area contributed by atoms with Crippen LogP contribution in [0, 0.1) is 0 Å². The lowest BCUT2D eigenvalue weighted by molar-refractivity contribution is 0.361. The van der Waals surface area contributed by atoms with Crippen molar-refractivity contribution in [2.45, 2.75) is 26.2 Å². The fourth-order valence-electron chi connectivity index (χ4n) is 1.46. The molecule has 0 spiro atoms. The molecule has 0 saturated heterocycles. The van der Waals surface area contributed by atoms with Crippen LogP contribution in [0.3, 0.4) is 0 Å². The second-order valence-corrected chi connectivity index (χ2v) is 4.13. The highest BCUT2D eigenvalue weighted by atomic mass is 16.5. The maximum atomic E-state index is 5.70. The number of hydrogen-bond acceptors (Lipinski definition) is 4. The summed E-state index contributed by atoms with van der Waals surface area (Å²) in [6, 6.07) is 7.71. The van der Waals surface area contributed by atoms with Gasteiger partial charge in [-0.15, -0.1) is 0 Å². The zero-order valence-corrected chi connectivity index (χ0v) is 9.47. The number of hydrogen-bond donors (Lipinski definition) is 1. The van der Waals surface area contributed by atoms with Gasteiger partial charge in [-0.3, -0.25) is 0 Å². The summed E-state index contributed by atoms with van der Waals surface area (Å²) < 4.78 is 5.14. The predicted molar refractivity (Wildman–Crippen MR) is 62.0 cm³/mol. The first-order valence-corrected chi connectivity index (χ1v) is 5.32. The van der Waals surface area contributed by atoms with Gasteiger partial charge in [0, 0.05) is 18.0 Å². The third-order valence-electron chi connectivity index (χ3n) is 2.29. The number of anilines is 1. The Hall–Kier alpha value is -1.84. The molecular weight excluding hydrogens is 202 g/mol. The van der Waals surface area contributed by atoms with Gasteiger partial charge in [-0.05, 0) is 17.7 Å². The second kappa shape index (κ2) is 4.35. The minimum atomic E-state index is 0.266. The standard InChI is InChI=1S/C12H15N3O/c1-8(2)12-14-11(15-16-12)7-9-4-3-5-10(13)6-9/h3-6,8H,7,13H2,1-2H3. The molecule has 84 valence electrons. The van der Waals surface area contributed by atoms with Gasteiger partial charge in [0.15, 0.2) is 5.82 Å². The Bertz CT molecular complexity index is 477. The minimum absolute atomic E-state index is 0.266. The summed E-state index contributed by atoms with van der Waals surface area (Å²) in [5, 5.41) is 3.94. The monoisotopic (exact) mass is 217 g/mol. The van der Waals surface area contributed by atoms with Gasteiger partial charge in [0.2, 0.25) is 5.89 Å². The molecule has 1 heterocycles. The molecule has 0 aliphatic rings. The number of rotatable bonds is 3. The van der Waals surface area contributed by atoms with E-state index >= 15 is 0 Å². The molecule has 0 aliphatic heterocycles. The lowest BCUT2D eigenvalue weighted by Crippen LogP contribution is -1.94. The molecule has 0 aliphatic carbocycles. The van der Waals surface area contributed by atoms with Gasteiger partial charge in [0.05, 0.1) is 0 Å². The molecule has 2 rings (SSSR count). The van der Waals surface area contributed by atoms with Crippen molar-refractivity contribution < 1.29 is 4.52 Å². The lowest BCUT2D eigenvalue weighted by atomic mass is 10.1. The van der Waals surface area contributed by atoms with Gasteiger partial charge in [-0.25, -0.2) is 0 Å². The highest BCUT2D eigenvalue weighted by Crippen LogP contribution is 2.14. The molecule has 2 N–H and O–H groups in total. The van der Waals surface area contributed by atoms with E-state index in [4.69, 9.17) is 10.3 Å². The van der Waals surface area contributed by atoms with Crippen molar-refractivity contribution in [2.24, 2.45) is 0 Å². The van der Waals surface area contributed by atoms with E-state index in [0.717, 1.165) is 11.3 Å². The third kappa shape index (κ3) is 2.39. The second-order valence-electron chi connectivity index (χ2n) is 4.13. The lowest BCUT2D eigenvalue weighted by Gasteiger charge is -1.98. The van der Waals surface area contributed by atoms with Gasteiger partial charge in [-0.2, -0.15) is 4.98 Å². The molecule has 4 heteroatoms. The normalized spacial score (nSPS) is 10.9. The van der Waals surface area contributed by atoms with Crippen molar-refractivity contribution in [2.75, 3.05) is 5.73 Å². The first-order valence-electron chi connectivity index (χ1n) is 5.32. The maximum absolute atomic E-state index is 5.70. The van der Waals surface area contributed by atoms with E-state index in [-0.39, 0.29) is 5.92 Å². The highest BCUT2D eigenvalue weighted by Gasteiger charge is 2.09. The Morgan fingerprint density at radius 3 is 2.81 bits per heavy atom. The van der Waals surface area contributed by atoms with Crippen LogP contribution < -0.4 is 5.73 Å². The molecule has 0 saturated carbocycles. The van der Waals surface area contributed by atoms with Crippen LogP contribution in [0.4, 0.5) is 5.69 Å². The molecule has 16 heavy (non-hydrogen) atoms. The average molecular weight is 217 g/mol. The molecule has 1 aromatic heterocycles. The van der Waals surface area contributed by atoms with Crippen LogP contribution in [0.15, 0.2) is 28.8 Å². The van der Waals surface area contributed by atoms with Crippen LogP contribution in [-0.4, -0.2) is 10.1 Å². The summed E-state index contributed by atoms with van der Waals surface area (Å²) in [7, 11) is 0. The first-order chi connectivity index (χ1) is 7.65. The fraction of sp³-hybridized carbons (Fsp3) is 0.333. The van der Waals surface area contributed by atoms with Crippen molar-refractivity contribution in [3.63, 3.8) is 0 Å². The van der Waals surface area contributed by atoms with Gasteiger partial charge in [-0.1, -0.05) is 31.1 Å². The van der Waals surface area contributed by atoms with E-state index in [1.54, 1.807) is 0 Å². The minimum Gasteiger partial charge on any atom is -0.399 e. The predicted octanol–water partition coefficient (Wildman–Crippen LogP) is 2.37. The van der Waals surface area contributed by atoms with Crippen molar-refractivity contribution in [3.8, 4) is 0 Å². The van der Waals surface area contributed by atoms with Crippen LogP contribution in [0.1, 0.15) is 37.0 Å². The van der Waals surface area contributed by atoms with E-state index < -0.39 is 0 Å². The van der Waals surface area contributed by atoms with Crippen molar-refractivity contribution >= 4 is 5.69 Å². The van der Waals surface area contributed by atoms with Gasteiger partial charge < -0.3 is 10.3 Å². The van der Waals surface area contributed by atoms with E-state index in [9.17, 15) is 0 Å². The first kappa shape index (κ1) is 10.7. The summed E-state index contributed by atoms with van der Waals surface area (Å²) in [6.45, 7) is 4.05. The Morgan fingerprint density at radius 1 is 1.38 bits per heavy atom. The zero-order chi connectivity index (χ0) is 11.5. The molecule has 0 bridgehead atoms. The summed E-state index contributed by atoms with van der Waals surface area (Å²) >= 11 is 0. The van der Waals surface area contributed by atoms with Crippen LogP contribution in [-0.2, 0) is 6.42 Å². The Balaban J connectivity index is 2.14. The number of nitrogen functional groups attached to an aromatic ring is 1. The summed E-state index contributed by atoms with van der Waals surface area (Å²) in [6.07, 6.45) is 0.654. The number of nitrogens with two attached hydrogens (primary N) is 1. The molecule has 4 nitrogen and oxygen atoms in total. The van der Waals surface area contributed by atoms with Crippen molar-refractivity contribution in [1.29, 1.82) is 0 Å². The smallest absolute Gasteiger partial charge is 0.229 e. The van der Waals surface area contributed by atoms with Gasteiger partial charge >= 0.3 is 0 Å². The molecular formula is C12H15N3O. The molecule has 0 unspecified atom stereocenters. The van der Waals surface area contributed by atoms with Crippen molar-refractivity contribution in [3.05, 3.63) is 41.5 Å². The van der Waals surface area contributed by atoms with E-state index in [1.165, 1.54) is 0 Å². The SMILES string of the molecule is CC(C)c1nc(Cc2cccc(N)c2)no1. The molecule has 0 radical (unpaired) electrons. The van der Waals surface area contributed by atoms with Crippen LogP contribution in [0.2, 0.25) is 0 Å². The largest absolute Gasteiger partial charge is 0.399 e. The number of nitrogens with zero attached hydrogens (tertiary/aromatic N) is 2. The fourth-order valence-corrected chi connectivity index (χ4v) is 1.46. The van der Waals surface area contributed by atoms with E-state index in [1.807, 2.05) is 38.1 Å². The summed E-state index contributed by atoms with van der Waals surface area (Å²) in [5.41, 5.74) is 7.55. The molecule has 0 amide bonds. The third-order valence-corrected chi connectivity index (χ3v) is 2.29. The molecule has 2 aromatic rings. The molecule has 1 aromatic carbocycles. The van der Waals surface area contributed by atoms with Crippen molar-refractivity contribution in [1.82, 2.24) is 10.1 Å². The number of aromatic nitrogens is 2. The topological polar surface area (TPSA) is 64.9 Å². The quantitative estimate of drug-likeness (QED) is 0.801. The Kier molecular flexibility index (Phi) is 2.90. The number of benzene rings is 1. The van der Waals surface area contributed by atoms with E-state index in [0.29, 0.717) is 18.1 Å². The Morgan fingerprint density at radius 2 is 2.19 bits per heavy atom.